The number of rotatable bonds is 5. The van der Waals surface area contributed by atoms with Crippen LogP contribution in [-0.2, 0) is 14.8 Å². The van der Waals surface area contributed by atoms with Gasteiger partial charge in [0.05, 0.1) is 4.90 Å². The molecular weight excluding hydrogens is 430 g/mol. The number of hydrogen-bond acceptors (Lipinski definition) is 7. The van der Waals surface area contributed by atoms with Crippen LogP contribution in [0.3, 0.4) is 0 Å². The number of allylic oxidation sites excluding steroid dienone is 1. The van der Waals surface area contributed by atoms with Gasteiger partial charge in [-0.25, -0.2) is 8.42 Å². The van der Waals surface area contributed by atoms with E-state index in [1.165, 1.54) is 4.31 Å². The van der Waals surface area contributed by atoms with Crippen molar-refractivity contribution in [3.8, 4) is 11.4 Å². The fourth-order valence-electron chi connectivity index (χ4n) is 4.07. The molecule has 172 valence electrons. The van der Waals surface area contributed by atoms with Crippen LogP contribution in [0.25, 0.3) is 11.4 Å². The SMILES string of the molecule is CC=CC(=O)N1CCC(c2nc(-c3ccc(S(=O)(=O)N4CCN(C)CC4)cc3)no2)CC1. The van der Waals surface area contributed by atoms with Gasteiger partial charge in [-0.15, -0.1) is 0 Å². The molecule has 4 rings (SSSR count). The summed E-state index contributed by atoms with van der Waals surface area (Å²) in [5.74, 6) is 1.15. The van der Waals surface area contributed by atoms with Crippen molar-refractivity contribution in [2.75, 3.05) is 46.3 Å². The molecule has 0 N–H and O–H groups in total. The van der Waals surface area contributed by atoms with Crippen LogP contribution in [-0.4, -0.2) is 84.9 Å². The summed E-state index contributed by atoms with van der Waals surface area (Å²) in [6.07, 6.45) is 4.87. The van der Waals surface area contributed by atoms with Crippen LogP contribution < -0.4 is 0 Å². The fourth-order valence-corrected chi connectivity index (χ4v) is 5.49. The summed E-state index contributed by atoms with van der Waals surface area (Å²) in [7, 11) is -1.52. The third-order valence-corrected chi connectivity index (χ3v) is 8.03. The third-order valence-electron chi connectivity index (χ3n) is 6.12. The van der Waals surface area contributed by atoms with Gasteiger partial charge in [-0.2, -0.15) is 9.29 Å². The summed E-state index contributed by atoms with van der Waals surface area (Å²) in [6.45, 7) is 5.59. The monoisotopic (exact) mass is 459 g/mol. The molecule has 2 aliphatic heterocycles. The first-order chi connectivity index (χ1) is 15.4. The van der Waals surface area contributed by atoms with Gasteiger partial charge in [0.1, 0.15) is 0 Å². The summed E-state index contributed by atoms with van der Waals surface area (Å²) in [5.41, 5.74) is 0.707. The second kappa shape index (κ2) is 9.51. The summed E-state index contributed by atoms with van der Waals surface area (Å²) in [6, 6.07) is 6.64. The van der Waals surface area contributed by atoms with Crippen LogP contribution in [0.4, 0.5) is 0 Å². The molecule has 10 heteroatoms. The van der Waals surface area contributed by atoms with Crippen molar-refractivity contribution in [1.29, 1.82) is 0 Å². The number of piperidine rings is 1. The Morgan fingerprint density at radius 1 is 1.06 bits per heavy atom. The highest BCUT2D eigenvalue weighted by Crippen LogP contribution is 2.29. The van der Waals surface area contributed by atoms with Crippen LogP contribution >= 0.6 is 0 Å². The molecule has 0 bridgehead atoms. The zero-order valence-electron chi connectivity index (χ0n) is 18.5. The molecule has 3 heterocycles. The molecule has 0 radical (unpaired) electrons. The molecule has 0 unspecified atom stereocenters. The average molecular weight is 460 g/mol. The lowest BCUT2D eigenvalue weighted by molar-refractivity contribution is -0.127. The first kappa shape index (κ1) is 22.6. The average Bonchev–Trinajstić information content (AvgIpc) is 3.30. The molecule has 1 aromatic heterocycles. The van der Waals surface area contributed by atoms with Crippen molar-refractivity contribution in [1.82, 2.24) is 24.2 Å². The number of sulfonamides is 1. The van der Waals surface area contributed by atoms with Gasteiger partial charge in [0.25, 0.3) is 0 Å². The smallest absolute Gasteiger partial charge is 0.246 e. The summed E-state index contributed by atoms with van der Waals surface area (Å²) < 4.78 is 32.8. The standard InChI is InChI=1S/C22H29N5O4S/c1-3-4-20(28)26-11-9-18(10-12-26)22-23-21(24-31-22)17-5-7-19(8-6-17)32(29,30)27-15-13-25(2)14-16-27/h3-8,18H,9-16H2,1-2H3. The Hall–Kier alpha value is -2.56. The highest BCUT2D eigenvalue weighted by atomic mass is 32.2. The van der Waals surface area contributed by atoms with Gasteiger partial charge in [0.15, 0.2) is 0 Å². The number of likely N-dealkylation sites (tertiary alicyclic amines) is 1. The zero-order valence-corrected chi connectivity index (χ0v) is 19.3. The number of likely N-dealkylation sites (N-methyl/N-ethyl adjacent to an activating group) is 1. The molecule has 2 aliphatic rings. The first-order valence-corrected chi connectivity index (χ1v) is 12.4. The van der Waals surface area contributed by atoms with E-state index in [9.17, 15) is 13.2 Å². The Bertz CT molecular complexity index is 1060. The summed E-state index contributed by atoms with van der Waals surface area (Å²) in [5, 5.41) is 4.09. The van der Waals surface area contributed by atoms with Crippen molar-refractivity contribution >= 4 is 15.9 Å². The van der Waals surface area contributed by atoms with Gasteiger partial charge in [0, 0.05) is 50.7 Å². The number of piperazine rings is 1. The van der Waals surface area contributed by atoms with Gasteiger partial charge in [-0.05, 0) is 57.2 Å². The molecule has 9 nitrogen and oxygen atoms in total. The fraction of sp³-hybridized carbons (Fsp3) is 0.500. The number of hydrogen-bond donors (Lipinski definition) is 0. The number of amides is 1. The van der Waals surface area contributed by atoms with Gasteiger partial charge in [0.2, 0.25) is 27.6 Å². The second-order valence-corrected chi connectivity index (χ2v) is 10.2. The second-order valence-electron chi connectivity index (χ2n) is 8.29. The minimum absolute atomic E-state index is 0.0313. The van der Waals surface area contributed by atoms with E-state index in [1.54, 1.807) is 36.4 Å². The Kier molecular flexibility index (Phi) is 6.73. The maximum absolute atomic E-state index is 12.9. The Labute approximate surface area is 188 Å². The number of nitrogens with zero attached hydrogens (tertiary/aromatic N) is 5. The van der Waals surface area contributed by atoms with E-state index in [1.807, 2.05) is 18.9 Å². The first-order valence-electron chi connectivity index (χ1n) is 10.9. The van der Waals surface area contributed by atoms with E-state index >= 15 is 0 Å². The lowest BCUT2D eigenvalue weighted by Crippen LogP contribution is -2.46. The molecule has 2 fully saturated rings. The van der Waals surface area contributed by atoms with Crippen LogP contribution in [0.5, 0.6) is 0 Å². The van der Waals surface area contributed by atoms with Gasteiger partial charge < -0.3 is 14.3 Å². The van der Waals surface area contributed by atoms with Crippen molar-refractivity contribution in [3.63, 3.8) is 0 Å². The van der Waals surface area contributed by atoms with Crippen molar-refractivity contribution in [2.45, 2.75) is 30.6 Å². The Balaban J connectivity index is 1.41. The van der Waals surface area contributed by atoms with E-state index in [4.69, 9.17) is 4.52 Å². The van der Waals surface area contributed by atoms with Gasteiger partial charge in [-0.3, -0.25) is 4.79 Å². The molecule has 1 aromatic carbocycles. The van der Waals surface area contributed by atoms with E-state index < -0.39 is 10.0 Å². The lowest BCUT2D eigenvalue weighted by atomic mass is 9.96. The van der Waals surface area contributed by atoms with Crippen LogP contribution in [0.15, 0.2) is 45.8 Å². The molecule has 2 aromatic rings. The Morgan fingerprint density at radius 2 is 1.72 bits per heavy atom. The zero-order chi connectivity index (χ0) is 22.7. The van der Waals surface area contributed by atoms with E-state index in [0.29, 0.717) is 43.5 Å². The van der Waals surface area contributed by atoms with Crippen LogP contribution in [0.1, 0.15) is 31.6 Å². The molecule has 32 heavy (non-hydrogen) atoms. The summed E-state index contributed by atoms with van der Waals surface area (Å²) >= 11 is 0. The van der Waals surface area contributed by atoms with Crippen LogP contribution in [0.2, 0.25) is 0 Å². The highest BCUT2D eigenvalue weighted by Gasteiger charge is 2.29. The number of aromatic nitrogens is 2. The van der Waals surface area contributed by atoms with Crippen molar-refractivity contribution in [3.05, 3.63) is 42.3 Å². The summed E-state index contributed by atoms with van der Waals surface area (Å²) in [4.78, 5) is 20.7. The molecule has 2 saturated heterocycles. The topological polar surface area (TPSA) is 99.8 Å². The predicted molar refractivity (Wildman–Crippen MR) is 119 cm³/mol. The number of carbonyl (C=O) groups excluding carboxylic acids is 1. The lowest BCUT2D eigenvalue weighted by Gasteiger charge is -2.31. The maximum Gasteiger partial charge on any atom is 0.246 e. The molecule has 0 aliphatic carbocycles. The van der Waals surface area contributed by atoms with Crippen molar-refractivity contribution in [2.24, 2.45) is 0 Å². The van der Waals surface area contributed by atoms with Gasteiger partial charge in [-0.1, -0.05) is 11.2 Å². The number of benzene rings is 1. The number of carbonyl (C=O) groups is 1. The maximum atomic E-state index is 12.9. The molecule has 0 atom stereocenters. The minimum Gasteiger partial charge on any atom is -0.339 e. The van der Waals surface area contributed by atoms with E-state index in [-0.39, 0.29) is 16.7 Å². The highest BCUT2D eigenvalue weighted by molar-refractivity contribution is 7.89. The van der Waals surface area contributed by atoms with Crippen molar-refractivity contribution < 1.29 is 17.7 Å². The van der Waals surface area contributed by atoms with Gasteiger partial charge >= 0.3 is 0 Å². The minimum atomic E-state index is -3.51. The quantitative estimate of drug-likeness (QED) is 0.630. The molecule has 1 amide bonds. The predicted octanol–water partition coefficient (Wildman–Crippen LogP) is 1.95. The normalized spacial score (nSPS) is 19.6. The largest absolute Gasteiger partial charge is 0.339 e. The van der Waals surface area contributed by atoms with E-state index in [2.05, 4.69) is 15.0 Å². The van der Waals surface area contributed by atoms with Crippen LogP contribution in [0, 0.1) is 0 Å². The van der Waals surface area contributed by atoms with E-state index in [0.717, 1.165) is 25.9 Å². The third kappa shape index (κ3) is 4.77. The molecule has 0 saturated carbocycles. The molecular formula is C22H29N5O4S. The molecule has 0 spiro atoms. The Morgan fingerprint density at radius 3 is 2.34 bits per heavy atom.